The number of ether oxygens (including phenoxy) is 1. The fourth-order valence-corrected chi connectivity index (χ4v) is 5.59. The van der Waals surface area contributed by atoms with Crippen LogP contribution in [0.25, 0.3) is 32.9 Å². The van der Waals surface area contributed by atoms with E-state index >= 15 is 0 Å². The minimum atomic E-state index is -0.0518. The Hall–Kier alpha value is -3.69. The summed E-state index contributed by atoms with van der Waals surface area (Å²) in [4.78, 5) is 28.2. The standard InChI is InChI=1S/C27H28ClN7O2/c1-16-6-7-20-19(12-31-32-20)23(16)18-11-21-24-26(25(18)28)37-14-17-13-34(22(36)5-4-8-33(2)3)9-10-35(17)27(24)30-15-29-21/h4-7,11-12,15,17H,8-10,13-14H2,1-3H3,(H,31,32)/b5-4+/t17-/m0/s1. The number of halogens is 1. The first-order valence-electron chi connectivity index (χ1n) is 12.3. The topological polar surface area (TPSA) is 90.5 Å². The largest absolute Gasteiger partial charge is 0.489 e. The maximum atomic E-state index is 12.8. The summed E-state index contributed by atoms with van der Waals surface area (Å²) in [5.41, 5.74) is 4.64. The number of nitrogens with one attached hydrogen (secondary N) is 1. The number of rotatable bonds is 4. The second-order valence-electron chi connectivity index (χ2n) is 9.85. The molecule has 2 aromatic carbocycles. The fraction of sp³-hybridized carbons (Fsp3) is 0.333. The number of hydrogen-bond donors (Lipinski definition) is 1. The number of nitrogens with zero attached hydrogens (tertiary/aromatic N) is 6. The number of aryl methyl sites for hydroxylation is 1. The molecule has 4 heterocycles. The summed E-state index contributed by atoms with van der Waals surface area (Å²) in [6, 6.07) is 6.03. The second-order valence-corrected chi connectivity index (χ2v) is 10.2. The molecule has 6 rings (SSSR count). The van der Waals surface area contributed by atoms with Gasteiger partial charge in [-0.25, -0.2) is 9.97 Å². The van der Waals surface area contributed by atoms with Gasteiger partial charge in [-0.05, 0) is 44.3 Å². The Labute approximate surface area is 219 Å². The molecule has 1 amide bonds. The Bertz CT molecular complexity index is 1550. The molecule has 0 unspecified atom stereocenters. The predicted molar refractivity (Wildman–Crippen MR) is 145 cm³/mol. The Morgan fingerprint density at radius 1 is 1.30 bits per heavy atom. The zero-order valence-electron chi connectivity index (χ0n) is 21.0. The van der Waals surface area contributed by atoms with Gasteiger partial charge in [0.2, 0.25) is 5.91 Å². The Kier molecular flexibility index (Phi) is 5.97. The first-order chi connectivity index (χ1) is 17.9. The van der Waals surface area contributed by atoms with E-state index in [1.807, 2.05) is 48.3 Å². The maximum absolute atomic E-state index is 12.8. The third-order valence-corrected chi connectivity index (χ3v) is 7.50. The number of aromatic amines is 1. The van der Waals surface area contributed by atoms with Crippen molar-refractivity contribution in [3.8, 4) is 16.9 Å². The van der Waals surface area contributed by atoms with E-state index in [-0.39, 0.29) is 11.9 Å². The van der Waals surface area contributed by atoms with E-state index in [2.05, 4.69) is 38.1 Å². The molecule has 2 aliphatic rings. The molecule has 9 nitrogen and oxygen atoms in total. The van der Waals surface area contributed by atoms with E-state index in [1.165, 1.54) is 0 Å². The molecular weight excluding hydrogens is 490 g/mol. The van der Waals surface area contributed by atoms with Crippen LogP contribution < -0.4 is 9.64 Å². The van der Waals surface area contributed by atoms with Gasteiger partial charge in [-0.15, -0.1) is 0 Å². The molecule has 0 aliphatic carbocycles. The minimum Gasteiger partial charge on any atom is -0.489 e. The quantitative estimate of drug-likeness (QED) is 0.413. The molecule has 0 saturated carbocycles. The predicted octanol–water partition coefficient (Wildman–Crippen LogP) is 3.66. The van der Waals surface area contributed by atoms with Gasteiger partial charge in [-0.1, -0.05) is 23.7 Å². The van der Waals surface area contributed by atoms with Gasteiger partial charge in [0, 0.05) is 43.2 Å². The molecule has 10 heteroatoms. The summed E-state index contributed by atoms with van der Waals surface area (Å²) >= 11 is 7.09. The molecule has 2 aromatic heterocycles. The molecule has 4 aromatic rings. The summed E-state index contributed by atoms with van der Waals surface area (Å²) < 4.78 is 6.42. The molecule has 1 saturated heterocycles. The van der Waals surface area contributed by atoms with Crippen LogP contribution in [-0.2, 0) is 4.79 Å². The van der Waals surface area contributed by atoms with Crippen LogP contribution in [0, 0.1) is 6.92 Å². The van der Waals surface area contributed by atoms with Crippen LogP contribution in [0.2, 0.25) is 5.02 Å². The third kappa shape index (κ3) is 4.08. The number of anilines is 1. The fourth-order valence-electron chi connectivity index (χ4n) is 5.29. The summed E-state index contributed by atoms with van der Waals surface area (Å²) in [6.45, 7) is 4.97. The Morgan fingerprint density at radius 2 is 2.16 bits per heavy atom. The van der Waals surface area contributed by atoms with E-state index in [0.717, 1.165) is 50.9 Å². The van der Waals surface area contributed by atoms with Gasteiger partial charge < -0.3 is 19.4 Å². The number of H-pyrrole nitrogens is 1. The molecule has 37 heavy (non-hydrogen) atoms. The molecule has 0 radical (unpaired) electrons. The average Bonchev–Trinajstić information content (AvgIpc) is 3.29. The number of benzene rings is 2. The Morgan fingerprint density at radius 3 is 3.00 bits per heavy atom. The van der Waals surface area contributed by atoms with Crippen molar-refractivity contribution in [1.82, 2.24) is 30.0 Å². The number of likely N-dealkylation sites (N-methyl/N-ethyl adjacent to an activating group) is 1. The summed E-state index contributed by atoms with van der Waals surface area (Å²) in [7, 11) is 3.95. The van der Waals surface area contributed by atoms with Crippen molar-refractivity contribution >= 4 is 45.1 Å². The van der Waals surface area contributed by atoms with Gasteiger partial charge in [0.1, 0.15) is 18.8 Å². The summed E-state index contributed by atoms with van der Waals surface area (Å²) in [5, 5.41) is 9.60. The van der Waals surface area contributed by atoms with Crippen molar-refractivity contribution in [3.63, 3.8) is 0 Å². The number of carbonyl (C=O) groups excluding carboxylic acids is 1. The van der Waals surface area contributed by atoms with Crippen molar-refractivity contribution in [3.05, 3.63) is 53.5 Å². The van der Waals surface area contributed by atoms with Crippen LogP contribution in [0.1, 0.15) is 5.56 Å². The van der Waals surface area contributed by atoms with Crippen molar-refractivity contribution < 1.29 is 9.53 Å². The molecule has 0 bridgehead atoms. The van der Waals surface area contributed by atoms with Crippen LogP contribution >= 0.6 is 11.6 Å². The lowest BCUT2D eigenvalue weighted by molar-refractivity contribution is -0.126. The van der Waals surface area contributed by atoms with Crippen molar-refractivity contribution in [1.29, 1.82) is 0 Å². The number of aromatic nitrogens is 4. The summed E-state index contributed by atoms with van der Waals surface area (Å²) in [5.74, 6) is 1.40. The van der Waals surface area contributed by atoms with Crippen LogP contribution in [0.15, 0.2) is 42.9 Å². The lowest BCUT2D eigenvalue weighted by Crippen LogP contribution is -2.56. The van der Waals surface area contributed by atoms with Gasteiger partial charge in [0.05, 0.1) is 33.7 Å². The normalized spacial score (nSPS) is 17.5. The Balaban J connectivity index is 1.39. The molecular formula is C27H28ClN7O2. The van der Waals surface area contributed by atoms with E-state index in [4.69, 9.17) is 16.3 Å². The van der Waals surface area contributed by atoms with Gasteiger partial charge in [0.25, 0.3) is 0 Å². The number of piperazine rings is 1. The molecule has 1 N–H and O–H groups in total. The average molecular weight is 518 g/mol. The van der Waals surface area contributed by atoms with Crippen LogP contribution in [0.4, 0.5) is 5.82 Å². The molecule has 0 spiro atoms. The van der Waals surface area contributed by atoms with Crippen LogP contribution in [0.5, 0.6) is 5.75 Å². The zero-order chi connectivity index (χ0) is 25.7. The number of hydrogen-bond acceptors (Lipinski definition) is 7. The summed E-state index contributed by atoms with van der Waals surface area (Å²) in [6.07, 6.45) is 6.97. The van der Waals surface area contributed by atoms with E-state index in [0.29, 0.717) is 37.0 Å². The SMILES string of the molecule is Cc1ccc2[nH]ncc2c1-c1cc2ncnc3c2c(c1Cl)OC[C@@H]1CN(C(=O)/C=C/CN(C)C)CCN31. The number of carbonyl (C=O) groups is 1. The molecule has 1 atom stereocenters. The highest BCUT2D eigenvalue weighted by molar-refractivity contribution is 6.37. The lowest BCUT2D eigenvalue weighted by atomic mass is 9.95. The first-order valence-corrected chi connectivity index (χ1v) is 12.7. The van der Waals surface area contributed by atoms with Crippen molar-refractivity contribution in [2.45, 2.75) is 13.0 Å². The van der Waals surface area contributed by atoms with E-state index in [1.54, 1.807) is 12.4 Å². The van der Waals surface area contributed by atoms with Gasteiger partial charge in [-0.3, -0.25) is 9.89 Å². The van der Waals surface area contributed by atoms with Gasteiger partial charge >= 0.3 is 0 Å². The monoisotopic (exact) mass is 517 g/mol. The lowest BCUT2D eigenvalue weighted by Gasteiger charge is -2.40. The number of amides is 1. The molecule has 1 fully saturated rings. The molecule has 2 aliphatic heterocycles. The zero-order valence-corrected chi connectivity index (χ0v) is 21.8. The maximum Gasteiger partial charge on any atom is 0.246 e. The number of fused-ring (bicyclic) bond motifs is 3. The van der Waals surface area contributed by atoms with Crippen molar-refractivity contribution in [2.24, 2.45) is 0 Å². The van der Waals surface area contributed by atoms with Crippen molar-refractivity contribution in [2.75, 3.05) is 51.8 Å². The van der Waals surface area contributed by atoms with Crippen LogP contribution in [-0.4, -0.2) is 88.8 Å². The highest BCUT2D eigenvalue weighted by Crippen LogP contribution is 2.47. The highest BCUT2D eigenvalue weighted by Gasteiger charge is 2.35. The smallest absolute Gasteiger partial charge is 0.246 e. The van der Waals surface area contributed by atoms with Gasteiger partial charge in [-0.2, -0.15) is 5.10 Å². The third-order valence-electron chi connectivity index (χ3n) is 7.12. The van der Waals surface area contributed by atoms with E-state index in [9.17, 15) is 4.79 Å². The highest BCUT2D eigenvalue weighted by atomic mass is 35.5. The minimum absolute atomic E-state index is 0.0140. The molecule has 190 valence electrons. The second kappa shape index (κ2) is 9.32. The van der Waals surface area contributed by atoms with E-state index < -0.39 is 0 Å². The van der Waals surface area contributed by atoms with Crippen LogP contribution in [0.3, 0.4) is 0 Å². The van der Waals surface area contributed by atoms with Gasteiger partial charge in [0.15, 0.2) is 5.75 Å². The first kappa shape index (κ1) is 23.7.